The first kappa shape index (κ1) is 11.8. The highest BCUT2D eigenvalue weighted by Crippen LogP contribution is 2.10. The van der Waals surface area contributed by atoms with Crippen molar-refractivity contribution in [1.29, 1.82) is 0 Å². The van der Waals surface area contributed by atoms with Crippen LogP contribution in [-0.4, -0.2) is 30.8 Å². The number of rotatable bonds is 5. The minimum atomic E-state index is -0.376. The highest BCUT2D eigenvalue weighted by Gasteiger charge is 2.10. The molecule has 92 valence electrons. The lowest BCUT2D eigenvalue weighted by Gasteiger charge is -2.12. The third kappa shape index (κ3) is 2.54. The molecular formula is C11H17N5O. The number of nitrogens with two attached hydrogens (primary N) is 1. The number of hydrogen-bond donors (Lipinski definition) is 2. The van der Waals surface area contributed by atoms with E-state index in [1.807, 2.05) is 22.4 Å². The highest BCUT2D eigenvalue weighted by atomic mass is 16.3. The third-order valence-electron chi connectivity index (χ3n) is 2.82. The zero-order valence-electron chi connectivity index (χ0n) is 9.82. The second kappa shape index (κ2) is 5.11. The summed E-state index contributed by atoms with van der Waals surface area (Å²) in [5.74, 6) is 1.02. The van der Waals surface area contributed by atoms with Gasteiger partial charge in [0, 0.05) is 38.6 Å². The fourth-order valence-electron chi connectivity index (χ4n) is 1.78. The Morgan fingerprint density at radius 2 is 2.35 bits per heavy atom. The van der Waals surface area contributed by atoms with E-state index >= 15 is 0 Å². The molecule has 6 nitrogen and oxygen atoms in total. The van der Waals surface area contributed by atoms with Crippen molar-refractivity contribution in [1.82, 2.24) is 19.1 Å². The first-order valence-corrected chi connectivity index (χ1v) is 5.55. The van der Waals surface area contributed by atoms with Crippen molar-refractivity contribution in [3.05, 3.63) is 36.4 Å². The Balaban J connectivity index is 2.04. The summed E-state index contributed by atoms with van der Waals surface area (Å²) in [7, 11) is 1.97. The molecule has 6 heteroatoms. The van der Waals surface area contributed by atoms with Crippen LogP contribution in [0.3, 0.4) is 0 Å². The SMILES string of the molecule is Cn1ccnc1CCn1cncc1C(N)CO. The van der Waals surface area contributed by atoms with Crippen LogP contribution in [0, 0.1) is 0 Å². The van der Waals surface area contributed by atoms with Gasteiger partial charge in [0.25, 0.3) is 0 Å². The zero-order chi connectivity index (χ0) is 12.3. The highest BCUT2D eigenvalue weighted by molar-refractivity contribution is 5.05. The zero-order valence-corrected chi connectivity index (χ0v) is 9.82. The van der Waals surface area contributed by atoms with Crippen LogP contribution in [0.25, 0.3) is 0 Å². The third-order valence-corrected chi connectivity index (χ3v) is 2.82. The Labute approximate surface area is 99.7 Å². The average molecular weight is 235 g/mol. The average Bonchev–Trinajstić information content (AvgIpc) is 2.94. The number of aliphatic hydroxyl groups is 1. The van der Waals surface area contributed by atoms with Crippen LogP contribution >= 0.6 is 0 Å². The van der Waals surface area contributed by atoms with Gasteiger partial charge in [0.1, 0.15) is 5.82 Å². The Hall–Kier alpha value is -1.66. The van der Waals surface area contributed by atoms with Crippen LogP contribution in [-0.2, 0) is 20.0 Å². The second-order valence-electron chi connectivity index (χ2n) is 4.01. The van der Waals surface area contributed by atoms with Gasteiger partial charge in [-0.1, -0.05) is 0 Å². The lowest BCUT2D eigenvalue weighted by Crippen LogP contribution is -2.19. The van der Waals surface area contributed by atoms with Crippen LogP contribution in [0.15, 0.2) is 24.9 Å². The standard InChI is InChI=1S/C11H17N5O/c1-15-5-3-14-11(15)2-4-16-8-13-6-10(16)9(12)7-17/h3,5-6,8-9,17H,2,4,7,12H2,1H3. The van der Waals surface area contributed by atoms with E-state index in [-0.39, 0.29) is 12.6 Å². The van der Waals surface area contributed by atoms with Crippen molar-refractivity contribution in [2.24, 2.45) is 12.8 Å². The molecule has 0 bridgehead atoms. The fourth-order valence-corrected chi connectivity index (χ4v) is 1.78. The lowest BCUT2D eigenvalue weighted by atomic mass is 10.2. The van der Waals surface area contributed by atoms with Gasteiger partial charge in [0.05, 0.1) is 24.7 Å². The number of aryl methyl sites for hydroxylation is 3. The van der Waals surface area contributed by atoms with Crippen molar-refractivity contribution >= 4 is 0 Å². The topological polar surface area (TPSA) is 81.9 Å². The monoisotopic (exact) mass is 235 g/mol. The normalized spacial score (nSPS) is 12.9. The molecule has 17 heavy (non-hydrogen) atoms. The number of hydrogen-bond acceptors (Lipinski definition) is 4. The molecule has 2 aromatic rings. The minimum absolute atomic E-state index is 0.0753. The van der Waals surface area contributed by atoms with Gasteiger partial charge in [0.2, 0.25) is 0 Å². The van der Waals surface area contributed by atoms with E-state index < -0.39 is 0 Å². The predicted octanol–water partition coefficient (Wildman–Crippen LogP) is -0.149. The van der Waals surface area contributed by atoms with E-state index in [2.05, 4.69) is 9.97 Å². The van der Waals surface area contributed by atoms with Crippen LogP contribution in [0.2, 0.25) is 0 Å². The summed E-state index contributed by atoms with van der Waals surface area (Å²) < 4.78 is 3.94. The number of imidazole rings is 2. The van der Waals surface area contributed by atoms with Gasteiger partial charge in [-0.2, -0.15) is 0 Å². The molecule has 0 saturated heterocycles. The molecule has 1 atom stereocenters. The van der Waals surface area contributed by atoms with Crippen LogP contribution in [0.4, 0.5) is 0 Å². The molecule has 1 unspecified atom stereocenters. The van der Waals surface area contributed by atoms with Gasteiger partial charge in [-0.25, -0.2) is 9.97 Å². The Bertz CT molecular complexity index is 476. The van der Waals surface area contributed by atoms with Crippen molar-refractivity contribution in [2.45, 2.75) is 19.0 Å². The Morgan fingerprint density at radius 1 is 1.53 bits per heavy atom. The first-order valence-electron chi connectivity index (χ1n) is 5.55. The largest absolute Gasteiger partial charge is 0.394 e. The fraction of sp³-hybridized carbons (Fsp3) is 0.455. The van der Waals surface area contributed by atoms with Gasteiger partial charge in [-0.05, 0) is 0 Å². The van der Waals surface area contributed by atoms with Crippen molar-refractivity contribution in [3.63, 3.8) is 0 Å². The van der Waals surface area contributed by atoms with Crippen molar-refractivity contribution in [2.75, 3.05) is 6.61 Å². The molecule has 0 aliphatic heterocycles. The smallest absolute Gasteiger partial charge is 0.110 e. The van der Waals surface area contributed by atoms with E-state index in [1.165, 1.54) is 0 Å². The molecule has 0 aliphatic carbocycles. The maximum absolute atomic E-state index is 9.04. The minimum Gasteiger partial charge on any atom is -0.394 e. The summed E-state index contributed by atoms with van der Waals surface area (Å²) in [5.41, 5.74) is 6.64. The van der Waals surface area contributed by atoms with E-state index in [9.17, 15) is 0 Å². The number of aliphatic hydroxyl groups excluding tert-OH is 1. The van der Waals surface area contributed by atoms with Gasteiger partial charge < -0.3 is 20.0 Å². The van der Waals surface area contributed by atoms with Gasteiger partial charge in [0.15, 0.2) is 0 Å². The van der Waals surface area contributed by atoms with E-state index in [1.54, 1.807) is 18.7 Å². The summed E-state index contributed by atoms with van der Waals surface area (Å²) in [5, 5.41) is 9.04. The Morgan fingerprint density at radius 3 is 3.00 bits per heavy atom. The van der Waals surface area contributed by atoms with Crippen LogP contribution in [0.1, 0.15) is 17.6 Å². The molecule has 0 amide bonds. The molecular weight excluding hydrogens is 218 g/mol. The lowest BCUT2D eigenvalue weighted by molar-refractivity contribution is 0.263. The second-order valence-corrected chi connectivity index (χ2v) is 4.01. The summed E-state index contributed by atoms with van der Waals surface area (Å²) in [4.78, 5) is 8.32. The molecule has 2 heterocycles. The molecule has 2 rings (SSSR count). The molecule has 2 aromatic heterocycles. The van der Waals surface area contributed by atoms with Crippen LogP contribution < -0.4 is 5.73 Å². The first-order chi connectivity index (χ1) is 8.22. The summed E-state index contributed by atoms with van der Waals surface area (Å²) in [6.45, 7) is 0.683. The molecule has 3 N–H and O–H groups in total. The molecule has 0 radical (unpaired) electrons. The molecule has 0 spiro atoms. The number of nitrogens with zero attached hydrogens (tertiary/aromatic N) is 4. The van der Waals surface area contributed by atoms with E-state index in [0.29, 0.717) is 0 Å². The summed E-state index contributed by atoms with van der Waals surface area (Å²) >= 11 is 0. The van der Waals surface area contributed by atoms with Crippen molar-refractivity contribution < 1.29 is 5.11 Å². The predicted molar refractivity (Wildman–Crippen MR) is 63.2 cm³/mol. The van der Waals surface area contributed by atoms with E-state index in [0.717, 1.165) is 24.5 Å². The summed E-state index contributed by atoms with van der Waals surface area (Å²) in [6, 6.07) is -0.376. The van der Waals surface area contributed by atoms with Crippen LogP contribution in [0.5, 0.6) is 0 Å². The van der Waals surface area contributed by atoms with Crippen molar-refractivity contribution in [3.8, 4) is 0 Å². The quantitative estimate of drug-likeness (QED) is 0.755. The maximum Gasteiger partial charge on any atom is 0.110 e. The molecule has 0 aliphatic rings. The maximum atomic E-state index is 9.04. The molecule has 0 aromatic carbocycles. The molecule has 0 fully saturated rings. The number of aromatic nitrogens is 4. The Kier molecular flexibility index (Phi) is 3.55. The van der Waals surface area contributed by atoms with E-state index in [4.69, 9.17) is 10.8 Å². The molecule has 0 saturated carbocycles. The van der Waals surface area contributed by atoms with Gasteiger partial charge >= 0.3 is 0 Å². The summed E-state index contributed by atoms with van der Waals surface area (Å²) in [6.07, 6.45) is 7.94. The van der Waals surface area contributed by atoms with Gasteiger partial charge in [-0.3, -0.25) is 0 Å². The van der Waals surface area contributed by atoms with Gasteiger partial charge in [-0.15, -0.1) is 0 Å².